The highest BCUT2D eigenvalue weighted by Crippen LogP contribution is 2.22. The molecule has 0 saturated carbocycles. The number of carbonyl (C=O) groups is 1. The maximum atomic E-state index is 12.5. The first-order chi connectivity index (χ1) is 9.03. The molecule has 1 amide bonds. The maximum Gasteiger partial charge on any atom is 0.242 e. The van der Waals surface area contributed by atoms with Gasteiger partial charge >= 0.3 is 0 Å². The fourth-order valence-corrected chi connectivity index (χ4v) is 3.18. The topological polar surface area (TPSA) is 55.6 Å². The molecule has 5 heteroatoms. The van der Waals surface area contributed by atoms with Crippen molar-refractivity contribution < 1.29 is 9.53 Å². The summed E-state index contributed by atoms with van der Waals surface area (Å²) in [6, 6.07) is 4.30. The van der Waals surface area contributed by atoms with Gasteiger partial charge in [-0.25, -0.2) is 0 Å². The predicted molar refractivity (Wildman–Crippen MR) is 77.2 cm³/mol. The minimum atomic E-state index is -0.739. The van der Waals surface area contributed by atoms with E-state index in [0.717, 1.165) is 6.42 Å². The average molecular weight is 282 g/mol. The van der Waals surface area contributed by atoms with Gasteiger partial charge in [-0.15, -0.1) is 11.3 Å². The van der Waals surface area contributed by atoms with Crippen molar-refractivity contribution in [2.24, 2.45) is 5.73 Å². The smallest absolute Gasteiger partial charge is 0.242 e. The summed E-state index contributed by atoms with van der Waals surface area (Å²) in [6.45, 7) is 3.23. The first-order valence-corrected chi connectivity index (χ1v) is 7.57. The van der Waals surface area contributed by atoms with Gasteiger partial charge in [-0.05, 0) is 31.2 Å². The molecular weight excluding hydrogens is 260 g/mol. The summed E-state index contributed by atoms with van der Waals surface area (Å²) in [5, 5.41) is 2.06. The van der Waals surface area contributed by atoms with E-state index in [0.29, 0.717) is 26.1 Å². The Hall–Kier alpha value is -0.910. The van der Waals surface area contributed by atoms with Crippen LogP contribution in [-0.4, -0.2) is 42.6 Å². The van der Waals surface area contributed by atoms with Crippen LogP contribution in [0.3, 0.4) is 0 Å². The number of hydrogen-bond donors (Lipinski definition) is 1. The van der Waals surface area contributed by atoms with Gasteiger partial charge in [0.05, 0.1) is 5.54 Å². The zero-order valence-corrected chi connectivity index (χ0v) is 12.4. The molecule has 106 valence electrons. The minimum absolute atomic E-state index is 0.0415. The van der Waals surface area contributed by atoms with Crippen LogP contribution in [0.25, 0.3) is 0 Å². The van der Waals surface area contributed by atoms with Crippen molar-refractivity contribution >= 4 is 17.2 Å². The van der Waals surface area contributed by atoms with Crippen molar-refractivity contribution in [3.8, 4) is 0 Å². The standard InChI is InChI=1S/C14H22N2O2S/c1-11(10-12-4-3-9-19-12)16(2)13(17)14(15)5-7-18-8-6-14/h3-4,9,11H,5-8,10,15H2,1-2H3. The third-order valence-electron chi connectivity index (χ3n) is 3.87. The maximum absolute atomic E-state index is 12.5. The van der Waals surface area contributed by atoms with E-state index in [9.17, 15) is 4.79 Å². The van der Waals surface area contributed by atoms with E-state index in [1.165, 1.54) is 4.88 Å². The number of nitrogens with zero attached hydrogens (tertiary/aromatic N) is 1. The second-order valence-corrected chi connectivity index (χ2v) is 6.35. The minimum Gasteiger partial charge on any atom is -0.381 e. The molecule has 1 unspecified atom stereocenters. The molecule has 19 heavy (non-hydrogen) atoms. The van der Waals surface area contributed by atoms with Gasteiger partial charge in [0, 0.05) is 37.6 Å². The molecule has 2 heterocycles. The van der Waals surface area contributed by atoms with Crippen LogP contribution in [0.5, 0.6) is 0 Å². The lowest BCUT2D eigenvalue weighted by Gasteiger charge is -2.37. The van der Waals surface area contributed by atoms with Crippen molar-refractivity contribution in [3.63, 3.8) is 0 Å². The fraction of sp³-hybridized carbons (Fsp3) is 0.643. The lowest BCUT2D eigenvalue weighted by molar-refractivity contribution is -0.141. The Balaban J connectivity index is 1.97. The second kappa shape index (κ2) is 6.03. The van der Waals surface area contributed by atoms with E-state index in [-0.39, 0.29) is 11.9 Å². The van der Waals surface area contributed by atoms with Crippen LogP contribution in [0, 0.1) is 0 Å². The lowest BCUT2D eigenvalue weighted by atomic mass is 9.89. The van der Waals surface area contributed by atoms with E-state index < -0.39 is 5.54 Å². The van der Waals surface area contributed by atoms with E-state index in [1.54, 1.807) is 16.2 Å². The molecule has 0 bridgehead atoms. The summed E-state index contributed by atoms with van der Waals surface area (Å²) in [7, 11) is 1.85. The highest BCUT2D eigenvalue weighted by Gasteiger charge is 2.38. The number of thiophene rings is 1. The van der Waals surface area contributed by atoms with Gasteiger partial charge < -0.3 is 15.4 Å². The molecule has 1 fully saturated rings. The van der Waals surface area contributed by atoms with Gasteiger partial charge in [0.15, 0.2) is 0 Å². The summed E-state index contributed by atoms with van der Waals surface area (Å²) in [5.41, 5.74) is 5.51. The van der Waals surface area contributed by atoms with Gasteiger partial charge in [-0.2, -0.15) is 0 Å². The first-order valence-electron chi connectivity index (χ1n) is 6.69. The summed E-state index contributed by atoms with van der Waals surface area (Å²) in [4.78, 5) is 15.6. The van der Waals surface area contributed by atoms with Crippen LogP contribution in [-0.2, 0) is 16.0 Å². The Labute approximate surface area is 118 Å². The number of hydrogen-bond acceptors (Lipinski definition) is 4. The molecule has 4 nitrogen and oxygen atoms in total. The molecule has 0 radical (unpaired) electrons. The van der Waals surface area contributed by atoms with Crippen LogP contribution < -0.4 is 5.73 Å². The zero-order valence-electron chi connectivity index (χ0n) is 11.6. The van der Waals surface area contributed by atoms with E-state index in [1.807, 2.05) is 13.1 Å². The van der Waals surface area contributed by atoms with Crippen LogP contribution >= 0.6 is 11.3 Å². The number of nitrogens with two attached hydrogens (primary N) is 1. The van der Waals surface area contributed by atoms with E-state index in [2.05, 4.69) is 18.4 Å². The Morgan fingerprint density at radius 2 is 2.26 bits per heavy atom. The van der Waals surface area contributed by atoms with Crippen LogP contribution in [0.4, 0.5) is 0 Å². The molecule has 1 atom stereocenters. The van der Waals surface area contributed by atoms with Gasteiger partial charge in [0.2, 0.25) is 5.91 Å². The second-order valence-electron chi connectivity index (χ2n) is 5.32. The fourth-order valence-electron chi connectivity index (χ4n) is 2.36. The molecule has 0 aliphatic carbocycles. The van der Waals surface area contributed by atoms with Crippen molar-refractivity contribution in [3.05, 3.63) is 22.4 Å². The monoisotopic (exact) mass is 282 g/mol. The van der Waals surface area contributed by atoms with Crippen molar-refractivity contribution in [2.75, 3.05) is 20.3 Å². The summed E-state index contributed by atoms with van der Waals surface area (Å²) in [5.74, 6) is 0.0415. The zero-order chi connectivity index (χ0) is 13.9. The largest absolute Gasteiger partial charge is 0.381 e. The predicted octanol–water partition coefficient (Wildman–Crippen LogP) is 1.65. The Morgan fingerprint density at radius 3 is 2.84 bits per heavy atom. The third kappa shape index (κ3) is 3.35. The lowest BCUT2D eigenvalue weighted by Crippen LogP contribution is -2.58. The normalized spacial score (nSPS) is 19.9. The molecule has 2 N–H and O–H groups in total. The number of likely N-dealkylation sites (N-methyl/N-ethyl adjacent to an activating group) is 1. The molecule has 1 aliphatic rings. The SMILES string of the molecule is CC(Cc1cccs1)N(C)C(=O)C1(N)CCOCC1. The van der Waals surface area contributed by atoms with Gasteiger partial charge in [-0.1, -0.05) is 6.07 Å². The van der Waals surface area contributed by atoms with Crippen LogP contribution in [0.15, 0.2) is 17.5 Å². The average Bonchev–Trinajstić information content (AvgIpc) is 2.90. The van der Waals surface area contributed by atoms with Crippen molar-refractivity contribution in [2.45, 2.75) is 37.8 Å². The van der Waals surface area contributed by atoms with Gasteiger partial charge in [0.25, 0.3) is 0 Å². The van der Waals surface area contributed by atoms with Crippen molar-refractivity contribution in [1.82, 2.24) is 4.90 Å². The highest BCUT2D eigenvalue weighted by molar-refractivity contribution is 7.09. The quantitative estimate of drug-likeness (QED) is 0.913. The molecule has 1 saturated heterocycles. The summed E-state index contributed by atoms with van der Waals surface area (Å²) in [6.07, 6.45) is 2.11. The van der Waals surface area contributed by atoms with E-state index in [4.69, 9.17) is 10.5 Å². The summed E-state index contributed by atoms with van der Waals surface area (Å²) >= 11 is 1.73. The van der Waals surface area contributed by atoms with Crippen molar-refractivity contribution in [1.29, 1.82) is 0 Å². The van der Waals surface area contributed by atoms with Gasteiger partial charge in [0.1, 0.15) is 0 Å². The molecule has 0 aromatic carbocycles. The first kappa shape index (κ1) is 14.5. The summed E-state index contributed by atoms with van der Waals surface area (Å²) < 4.78 is 5.29. The molecule has 2 rings (SSSR count). The Kier molecular flexibility index (Phi) is 4.60. The number of carbonyl (C=O) groups excluding carboxylic acids is 1. The van der Waals surface area contributed by atoms with Gasteiger partial charge in [-0.3, -0.25) is 4.79 Å². The van der Waals surface area contributed by atoms with Crippen LogP contribution in [0.1, 0.15) is 24.6 Å². The molecule has 0 spiro atoms. The molecule has 1 aromatic rings. The molecule has 1 aliphatic heterocycles. The molecular formula is C14H22N2O2S. The van der Waals surface area contributed by atoms with Crippen LogP contribution in [0.2, 0.25) is 0 Å². The highest BCUT2D eigenvalue weighted by atomic mass is 32.1. The molecule has 1 aromatic heterocycles. The number of ether oxygens (including phenoxy) is 1. The number of rotatable bonds is 4. The number of amides is 1. The third-order valence-corrected chi connectivity index (χ3v) is 4.77. The van der Waals surface area contributed by atoms with E-state index >= 15 is 0 Å². The Bertz CT molecular complexity index is 413. The Morgan fingerprint density at radius 1 is 1.58 bits per heavy atom.